The lowest BCUT2D eigenvalue weighted by Gasteiger charge is -2.23. The number of esters is 1. The van der Waals surface area contributed by atoms with Gasteiger partial charge in [0.1, 0.15) is 12.1 Å². The number of nitrogens with zero attached hydrogens (tertiary/aromatic N) is 3. The first kappa shape index (κ1) is 19.3. The van der Waals surface area contributed by atoms with Crippen LogP contribution in [0.3, 0.4) is 0 Å². The largest absolute Gasteiger partial charge is 0.465 e. The van der Waals surface area contributed by atoms with E-state index in [9.17, 15) is 14.9 Å². The molecule has 0 unspecified atom stereocenters. The number of amides is 1. The van der Waals surface area contributed by atoms with Gasteiger partial charge in [0.05, 0.1) is 24.1 Å². The minimum absolute atomic E-state index is 0.0386. The third kappa shape index (κ3) is 3.96. The van der Waals surface area contributed by atoms with Crippen LogP contribution in [0.4, 0.5) is 0 Å². The highest BCUT2D eigenvalue weighted by Gasteiger charge is 2.24. The zero-order valence-corrected chi connectivity index (χ0v) is 14.5. The van der Waals surface area contributed by atoms with Crippen molar-refractivity contribution >= 4 is 17.6 Å². The van der Waals surface area contributed by atoms with E-state index in [0.717, 1.165) is 12.8 Å². The molecule has 138 valence electrons. The van der Waals surface area contributed by atoms with Crippen LogP contribution in [0.2, 0.25) is 0 Å². The fourth-order valence-corrected chi connectivity index (χ4v) is 2.63. The Morgan fingerprint density at radius 3 is 2.52 bits per heavy atom. The Hall–Kier alpha value is -4.05. The third-order valence-corrected chi connectivity index (χ3v) is 4.03. The van der Waals surface area contributed by atoms with Gasteiger partial charge in [0.2, 0.25) is 5.91 Å². The topological polar surface area (TPSA) is 179 Å². The lowest BCUT2D eigenvalue weighted by atomic mass is 9.88. The summed E-state index contributed by atoms with van der Waals surface area (Å²) < 4.78 is 4.51. The smallest absolute Gasteiger partial charge is 0.350 e. The molecule has 2 rings (SSSR count). The molecular weight excluding hydrogens is 350 g/mol. The van der Waals surface area contributed by atoms with Crippen molar-refractivity contribution in [2.45, 2.75) is 19.3 Å². The minimum Gasteiger partial charge on any atom is -0.465 e. The van der Waals surface area contributed by atoms with Gasteiger partial charge < -0.3 is 21.7 Å². The molecule has 27 heavy (non-hydrogen) atoms. The number of nitrogens with two attached hydrogens (primary N) is 2. The number of allylic oxidation sites excluding steroid dienone is 6. The summed E-state index contributed by atoms with van der Waals surface area (Å²) in [6.45, 7) is 0. The summed E-state index contributed by atoms with van der Waals surface area (Å²) in [5.41, 5.74) is 12.8. The molecule has 0 atom stereocenters. The first-order valence-electron chi connectivity index (χ1n) is 7.81. The van der Waals surface area contributed by atoms with Crippen LogP contribution in [-0.4, -0.2) is 24.7 Å². The Bertz CT molecular complexity index is 911. The Morgan fingerprint density at radius 2 is 2.00 bits per heavy atom. The number of nitrogens with one attached hydrogen (secondary N) is 2. The molecule has 1 heterocycles. The Labute approximate surface area is 155 Å². The third-order valence-electron chi connectivity index (χ3n) is 4.03. The maximum Gasteiger partial charge on any atom is 0.350 e. The lowest BCUT2D eigenvalue weighted by molar-refractivity contribution is -0.135. The Balaban J connectivity index is 2.52. The Kier molecular flexibility index (Phi) is 5.97. The van der Waals surface area contributed by atoms with Gasteiger partial charge in [-0.25, -0.2) is 4.79 Å². The molecule has 6 N–H and O–H groups in total. The van der Waals surface area contributed by atoms with Crippen molar-refractivity contribution in [3.8, 4) is 12.1 Å². The fraction of sp³-hybridized carbons (Fsp3) is 0.235. The number of nitriles is 2. The average molecular weight is 367 g/mol. The average Bonchev–Trinajstić information content (AvgIpc) is 2.69. The normalized spacial score (nSPS) is 23.4. The molecule has 0 bridgehead atoms. The van der Waals surface area contributed by atoms with Gasteiger partial charge in [-0.15, -0.1) is 0 Å². The number of hydrazine groups is 1. The summed E-state index contributed by atoms with van der Waals surface area (Å²) in [5, 5.41) is 22.4. The van der Waals surface area contributed by atoms with Gasteiger partial charge in [-0.2, -0.15) is 15.6 Å². The molecule has 0 aromatic carbocycles. The summed E-state index contributed by atoms with van der Waals surface area (Å²) in [4.78, 5) is 22.9. The van der Waals surface area contributed by atoms with Crippen LogP contribution < -0.4 is 22.4 Å². The summed E-state index contributed by atoms with van der Waals surface area (Å²) in [5.74, 6) is 4.44. The zero-order valence-electron chi connectivity index (χ0n) is 14.5. The lowest BCUT2D eigenvalue weighted by Crippen LogP contribution is -2.42. The number of carbonyl (C=O) groups excluding carboxylic acids is 2. The van der Waals surface area contributed by atoms with Crippen molar-refractivity contribution in [2.24, 2.45) is 16.7 Å². The highest BCUT2D eigenvalue weighted by atomic mass is 16.5. The molecule has 0 radical (unpaired) electrons. The van der Waals surface area contributed by atoms with E-state index in [1.807, 2.05) is 6.07 Å². The van der Waals surface area contributed by atoms with Crippen LogP contribution >= 0.6 is 0 Å². The molecule has 10 nitrogen and oxygen atoms in total. The maximum absolute atomic E-state index is 11.7. The van der Waals surface area contributed by atoms with E-state index in [-0.39, 0.29) is 23.6 Å². The molecule has 1 aliphatic carbocycles. The van der Waals surface area contributed by atoms with Gasteiger partial charge in [0.25, 0.3) is 0 Å². The molecule has 1 amide bonds. The van der Waals surface area contributed by atoms with Crippen LogP contribution in [-0.2, 0) is 14.3 Å². The van der Waals surface area contributed by atoms with Gasteiger partial charge in [-0.05, 0) is 12.0 Å². The van der Waals surface area contributed by atoms with Crippen molar-refractivity contribution in [1.29, 1.82) is 10.5 Å². The maximum atomic E-state index is 11.7. The number of hydrogen-bond acceptors (Lipinski definition) is 9. The van der Waals surface area contributed by atoms with E-state index < -0.39 is 11.5 Å². The van der Waals surface area contributed by atoms with Gasteiger partial charge in [0.15, 0.2) is 5.57 Å². The molecule has 0 aromatic heterocycles. The zero-order chi connectivity index (χ0) is 20.0. The van der Waals surface area contributed by atoms with E-state index in [0.29, 0.717) is 29.7 Å². The summed E-state index contributed by atoms with van der Waals surface area (Å²) >= 11 is 0. The van der Waals surface area contributed by atoms with E-state index >= 15 is 0 Å². The number of carbonyl (C=O) groups is 2. The van der Waals surface area contributed by atoms with E-state index in [4.69, 9.17) is 16.8 Å². The quantitative estimate of drug-likeness (QED) is 0.168. The van der Waals surface area contributed by atoms with Gasteiger partial charge in [-0.3, -0.25) is 10.2 Å². The van der Waals surface area contributed by atoms with Gasteiger partial charge in [0, 0.05) is 24.1 Å². The van der Waals surface area contributed by atoms with Crippen LogP contribution in [0, 0.1) is 22.7 Å². The first-order chi connectivity index (χ1) is 13.0. The highest BCUT2D eigenvalue weighted by molar-refractivity contribution is 6.06. The monoisotopic (exact) mass is 367 g/mol. The van der Waals surface area contributed by atoms with Gasteiger partial charge >= 0.3 is 5.97 Å². The summed E-state index contributed by atoms with van der Waals surface area (Å²) in [7, 11) is 1.11. The predicted octanol–water partition coefficient (Wildman–Crippen LogP) is -0.341. The van der Waals surface area contributed by atoms with Crippen molar-refractivity contribution in [1.82, 2.24) is 10.9 Å². The summed E-state index contributed by atoms with van der Waals surface area (Å²) in [6, 6.07) is 3.56. The molecule has 1 aliphatic heterocycles. The van der Waals surface area contributed by atoms with Crippen LogP contribution in [0.5, 0.6) is 0 Å². The van der Waals surface area contributed by atoms with E-state index in [2.05, 4.69) is 20.7 Å². The number of hydrogen-bond donors (Lipinski definition) is 4. The molecule has 0 saturated carbocycles. The molecular formula is C17H17N7O3. The second-order valence-electron chi connectivity index (χ2n) is 5.56. The van der Waals surface area contributed by atoms with Crippen molar-refractivity contribution in [3.63, 3.8) is 0 Å². The van der Waals surface area contributed by atoms with E-state index in [1.54, 1.807) is 18.2 Å². The molecule has 1 saturated heterocycles. The second kappa shape index (κ2) is 8.36. The van der Waals surface area contributed by atoms with Crippen molar-refractivity contribution in [2.75, 3.05) is 7.11 Å². The minimum atomic E-state index is -0.930. The van der Waals surface area contributed by atoms with Crippen LogP contribution in [0.1, 0.15) is 19.3 Å². The summed E-state index contributed by atoms with van der Waals surface area (Å²) in [6.07, 6.45) is 4.28. The second-order valence-corrected chi connectivity index (χ2v) is 5.56. The van der Waals surface area contributed by atoms with Gasteiger partial charge in [-0.1, -0.05) is 12.2 Å². The fourth-order valence-electron chi connectivity index (χ4n) is 2.63. The first-order valence-corrected chi connectivity index (χ1v) is 7.81. The molecule has 0 spiro atoms. The molecule has 0 aromatic rings. The van der Waals surface area contributed by atoms with Crippen molar-refractivity contribution in [3.05, 3.63) is 45.8 Å². The van der Waals surface area contributed by atoms with Crippen molar-refractivity contribution < 1.29 is 14.3 Å². The predicted molar refractivity (Wildman–Crippen MR) is 94.4 cm³/mol. The number of rotatable bonds is 2. The number of methoxy groups -OCH3 is 1. The van der Waals surface area contributed by atoms with E-state index in [1.165, 1.54) is 0 Å². The SMILES string of the molecule is COC(=O)C(C#N)=C(N)C(C#N)=C1C=CC(=C2CCC(=O)NN2)C(=NN)C1. The highest BCUT2D eigenvalue weighted by Crippen LogP contribution is 2.27. The van der Waals surface area contributed by atoms with Crippen LogP contribution in [0.25, 0.3) is 0 Å². The van der Waals surface area contributed by atoms with Crippen LogP contribution in [0.15, 0.2) is 50.9 Å². The molecule has 10 heteroatoms. The standard InChI is InChI=1S/C17H17N7O3/c1-27-17(26)12(8-19)16(20)11(7-18)9-2-3-10(14(6-9)22-21)13-4-5-15(25)24-23-13/h2-3,23H,4-6,20-21H2,1H3,(H,24,25). The molecule has 2 aliphatic rings. The Morgan fingerprint density at radius 1 is 1.26 bits per heavy atom. The number of ether oxygens (including phenoxy) is 1. The number of hydrazone groups is 1. The molecule has 1 fully saturated rings.